The summed E-state index contributed by atoms with van der Waals surface area (Å²) in [7, 11) is -3.45. The van der Waals surface area contributed by atoms with E-state index in [2.05, 4.69) is 15.9 Å². The molecule has 1 N–H and O–H groups in total. The zero-order chi connectivity index (χ0) is 13.4. The van der Waals surface area contributed by atoms with E-state index in [-0.39, 0.29) is 10.5 Å². The molecule has 0 fully saturated rings. The van der Waals surface area contributed by atoms with Gasteiger partial charge in [-0.2, -0.15) is 0 Å². The van der Waals surface area contributed by atoms with E-state index in [9.17, 15) is 13.2 Å². The van der Waals surface area contributed by atoms with Gasteiger partial charge < -0.3 is 5.11 Å². The molecule has 0 unspecified atom stereocenters. The van der Waals surface area contributed by atoms with E-state index in [1.54, 1.807) is 13.8 Å². The molecule has 0 radical (unpaired) electrons. The lowest BCUT2D eigenvalue weighted by molar-refractivity contribution is 0.0695. The molecule has 0 saturated heterocycles. The van der Waals surface area contributed by atoms with Crippen molar-refractivity contribution in [1.29, 1.82) is 0 Å². The third kappa shape index (κ3) is 2.69. The second-order valence-electron chi connectivity index (χ2n) is 3.77. The number of carbonyl (C=O) groups is 1. The van der Waals surface area contributed by atoms with Gasteiger partial charge in [0.2, 0.25) is 0 Å². The molecule has 0 saturated carbocycles. The minimum Gasteiger partial charge on any atom is -0.478 e. The van der Waals surface area contributed by atoms with Crippen LogP contribution in [0.3, 0.4) is 0 Å². The van der Waals surface area contributed by atoms with Crippen LogP contribution in [0.2, 0.25) is 0 Å². The summed E-state index contributed by atoms with van der Waals surface area (Å²) in [6.45, 7) is 3.40. The summed E-state index contributed by atoms with van der Waals surface area (Å²) in [5, 5.41) is 9.09. The van der Waals surface area contributed by atoms with Crippen molar-refractivity contribution in [2.24, 2.45) is 0 Å². The Morgan fingerprint density at radius 1 is 1.47 bits per heavy atom. The summed E-state index contributed by atoms with van der Waals surface area (Å²) < 4.78 is 24.0. The topological polar surface area (TPSA) is 71.4 Å². The number of sulfone groups is 1. The van der Waals surface area contributed by atoms with Crippen LogP contribution in [0.4, 0.5) is 0 Å². The molecule has 0 spiro atoms. The number of carboxylic acids is 1. The lowest BCUT2D eigenvalue weighted by Gasteiger charge is -2.14. The number of carboxylic acid groups (broad SMARTS) is 1. The fourth-order valence-corrected chi connectivity index (χ4v) is 3.75. The molecule has 1 aromatic rings. The molecule has 0 bridgehead atoms. The number of rotatable bonds is 3. The number of halogens is 1. The largest absolute Gasteiger partial charge is 0.478 e. The highest BCUT2D eigenvalue weighted by molar-refractivity contribution is 9.10. The van der Waals surface area contributed by atoms with E-state index in [0.717, 1.165) is 6.26 Å². The van der Waals surface area contributed by atoms with Gasteiger partial charge >= 0.3 is 5.97 Å². The Morgan fingerprint density at radius 2 is 2.00 bits per heavy atom. The highest BCUT2D eigenvalue weighted by Gasteiger charge is 2.23. The van der Waals surface area contributed by atoms with E-state index in [4.69, 9.17) is 5.11 Å². The van der Waals surface area contributed by atoms with Crippen LogP contribution in [-0.2, 0) is 16.3 Å². The van der Waals surface area contributed by atoms with Crippen LogP contribution in [0.1, 0.15) is 28.4 Å². The third-order valence-electron chi connectivity index (χ3n) is 2.52. The number of benzene rings is 1. The van der Waals surface area contributed by atoms with Crippen molar-refractivity contribution in [2.75, 3.05) is 6.26 Å². The van der Waals surface area contributed by atoms with Crippen LogP contribution in [0, 0.1) is 6.92 Å². The molecule has 0 aliphatic heterocycles. The van der Waals surface area contributed by atoms with E-state index in [0.29, 0.717) is 22.0 Å². The first-order valence-corrected chi connectivity index (χ1v) is 7.63. The smallest absolute Gasteiger partial charge is 0.336 e. The molecule has 0 aliphatic carbocycles. The Balaban J connectivity index is 3.85. The summed E-state index contributed by atoms with van der Waals surface area (Å²) in [4.78, 5) is 11.2. The van der Waals surface area contributed by atoms with Crippen molar-refractivity contribution in [3.63, 3.8) is 0 Å². The second-order valence-corrected chi connectivity index (χ2v) is 6.58. The van der Waals surface area contributed by atoms with Crippen LogP contribution in [0.5, 0.6) is 0 Å². The van der Waals surface area contributed by atoms with Crippen LogP contribution in [-0.4, -0.2) is 25.7 Å². The summed E-state index contributed by atoms with van der Waals surface area (Å²) in [6, 6.07) is 1.45. The molecule has 1 aromatic carbocycles. The Hall–Kier alpha value is -0.880. The lowest BCUT2D eigenvalue weighted by Crippen LogP contribution is -2.11. The Labute approximate surface area is 109 Å². The fourth-order valence-electron chi connectivity index (χ4n) is 1.82. The first kappa shape index (κ1) is 14.2. The predicted molar refractivity (Wildman–Crippen MR) is 68.3 cm³/mol. The van der Waals surface area contributed by atoms with Crippen LogP contribution >= 0.6 is 15.9 Å². The minimum atomic E-state index is -3.45. The van der Waals surface area contributed by atoms with Crippen LogP contribution in [0.15, 0.2) is 15.4 Å². The molecular weight excluding hydrogens is 308 g/mol. The van der Waals surface area contributed by atoms with Crippen LogP contribution < -0.4 is 0 Å². The van der Waals surface area contributed by atoms with Gasteiger partial charge in [0.25, 0.3) is 0 Å². The molecule has 0 aliphatic rings. The molecule has 17 heavy (non-hydrogen) atoms. The Morgan fingerprint density at radius 3 is 2.35 bits per heavy atom. The van der Waals surface area contributed by atoms with Gasteiger partial charge in [0.15, 0.2) is 9.84 Å². The average Bonchev–Trinajstić information content (AvgIpc) is 2.18. The molecule has 0 atom stereocenters. The zero-order valence-corrected chi connectivity index (χ0v) is 12.1. The molecular formula is C11H13BrO4S. The van der Waals surface area contributed by atoms with Crippen molar-refractivity contribution >= 4 is 31.7 Å². The highest BCUT2D eigenvalue weighted by atomic mass is 79.9. The molecule has 0 heterocycles. The quantitative estimate of drug-likeness (QED) is 0.928. The minimum absolute atomic E-state index is 0.0328. The van der Waals surface area contributed by atoms with Gasteiger partial charge in [0.05, 0.1) is 10.5 Å². The molecule has 1 rings (SSSR count). The maximum atomic E-state index is 11.7. The van der Waals surface area contributed by atoms with Gasteiger partial charge in [-0.15, -0.1) is 0 Å². The summed E-state index contributed by atoms with van der Waals surface area (Å²) in [6.07, 6.45) is 1.45. The second kappa shape index (κ2) is 4.78. The summed E-state index contributed by atoms with van der Waals surface area (Å²) in [5.41, 5.74) is 0.945. The molecule has 94 valence electrons. The van der Waals surface area contributed by atoms with Crippen molar-refractivity contribution < 1.29 is 18.3 Å². The van der Waals surface area contributed by atoms with Crippen molar-refractivity contribution in [3.05, 3.63) is 27.2 Å². The van der Waals surface area contributed by atoms with Gasteiger partial charge in [0, 0.05) is 10.7 Å². The maximum absolute atomic E-state index is 11.7. The Bertz CT molecular complexity index is 576. The standard InChI is InChI=1S/C11H13BrO4S/c1-4-7-8(11(13)14)5-9(12)6(2)10(7)17(3,15)16/h5H,4H2,1-3H3,(H,13,14). The fraction of sp³-hybridized carbons (Fsp3) is 0.364. The first-order valence-electron chi connectivity index (χ1n) is 4.95. The van der Waals surface area contributed by atoms with E-state index < -0.39 is 15.8 Å². The van der Waals surface area contributed by atoms with E-state index in [1.807, 2.05) is 0 Å². The molecule has 0 amide bonds. The molecule has 4 nitrogen and oxygen atoms in total. The SMILES string of the molecule is CCc1c(C(=O)O)cc(Br)c(C)c1S(C)(=O)=O. The predicted octanol–water partition coefficient (Wildman–Crippen LogP) is 2.42. The van der Waals surface area contributed by atoms with Crippen molar-refractivity contribution in [2.45, 2.75) is 25.2 Å². The highest BCUT2D eigenvalue weighted by Crippen LogP contribution is 2.30. The van der Waals surface area contributed by atoms with Crippen molar-refractivity contribution in [1.82, 2.24) is 0 Å². The van der Waals surface area contributed by atoms with Gasteiger partial charge in [-0.25, -0.2) is 13.2 Å². The third-order valence-corrected chi connectivity index (χ3v) is 4.64. The van der Waals surface area contributed by atoms with Crippen LogP contribution in [0.25, 0.3) is 0 Å². The van der Waals surface area contributed by atoms with Gasteiger partial charge in [-0.1, -0.05) is 22.9 Å². The Kier molecular flexibility index (Phi) is 3.99. The molecule has 0 aromatic heterocycles. The average molecular weight is 321 g/mol. The summed E-state index contributed by atoms with van der Waals surface area (Å²) in [5.74, 6) is -1.12. The number of hydrogen-bond donors (Lipinski definition) is 1. The zero-order valence-electron chi connectivity index (χ0n) is 9.74. The van der Waals surface area contributed by atoms with E-state index >= 15 is 0 Å². The van der Waals surface area contributed by atoms with Gasteiger partial charge in [-0.05, 0) is 30.5 Å². The van der Waals surface area contributed by atoms with E-state index in [1.165, 1.54) is 6.07 Å². The number of aromatic carboxylic acids is 1. The first-order chi connectivity index (χ1) is 7.70. The number of hydrogen-bond acceptors (Lipinski definition) is 3. The lowest BCUT2D eigenvalue weighted by atomic mass is 10.0. The van der Waals surface area contributed by atoms with Crippen molar-refractivity contribution in [3.8, 4) is 0 Å². The molecule has 6 heteroatoms. The van der Waals surface area contributed by atoms with Gasteiger partial charge in [-0.3, -0.25) is 0 Å². The maximum Gasteiger partial charge on any atom is 0.336 e. The monoisotopic (exact) mass is 320 g/mol. The van der Waals surface area contributed by atoms with Gasteiger partial charge in [0.1, 0.15) is 0 Å². The summed E-state index contributed by atoms with van der Waals surface area (Å²) >= 11 is 3.19. The normalized spacial score (nSPS) is 11.5.